The molecule has 0 aliphatic carbocycles. The van der Waals surface area contributed by atoms with Crippen molar-refractivity contribution in [3.63, 3.8) is 0 Å². The summed E-state index contributed by atoms with van der Waals surface area (Å²) in [5.41, 5.74) is 4.75. The van der Waals surface area contributed by atoms with Crippen LogP contribution in [-0.4, -0.2) is 12.3 Å². The van der Waals surface area contributed by atoms with Crippen LogP contribution in [0.3, 0.4) is 0 Å². The van der Waals surface area contributed by atoms with Crippen LogP contribution in [0.1, 0.15) is 17.2 Å². The molecule has 2 N–H and O–H groups in total. The van der Waals surface area contributed by atoms with Crippen LogP contribution in [0.5, 0.6) is 0 Å². The molecule has 0 fully saturated rings. The van der Waals surface area contributed by atoms with Crippen LogP contribution in [-0.2, 0) is 0 Å². The fraction of sp³-hybridized carbons (Fsp3) is 0.125. The first kappa shape index (κ1) is 4.24. The van der Waals surface area contributed by atoms with E-state index >= 15 is 0 Å². The molecular weight excluding hydrogens is 162 g/mol. The number of rotatable bonds is 2. The van der Waals surface area contributed by atoms with Gasteiger partial charge in [0.25, 0.3) is 0 Å². The highest BCUT2D eigenvalue weighted by Crippen LogP contribution is 1.97. The number of halogens is 1. The molecule has 0 unspecified atom stereocenters. The quantitative estimate of drug-likeness (QED) is 0.690. The van der Waals surface area contributed by atoms with Gasteiger partial charge < -0.3 is 5.73 Å². The van der Waals surface area contributed by atoms with Crippen molar-refractivity contribution >= 4 is 18.2 Å². The van der Waals surface area contributed by atoms with Crippen LogP contribution in [0, 0.1) is 0 Å². The Hall–Kier alpha value is -0.860. The lowest BCUT2D eigenvalue weighted by molar-refractivity contribution is 0.100. The molecule has 2 nitrogen and oxygen atoms in total. The van der Waals surface area contributed by atoms with Gasteiger partial charge >= 0.3 is 0 Å². The molecule has 0 heterocycles. The number of ketones is 1. The van der Waals surface area contributed by atoms with Crippen molar-refractivity contribution in [1.29, 1.82) is 0 Å². The number of carbonyl (C=O) groups is 1. The van der Waals surface area contributed by atoms with E-state index in [4.69, 9.17) is 12.6 Å². The minimum atomic E-state index is -0.660. The molecule has 0 amide bonds. The van der Waals surface area contributed by atoms with Crippen molar-refractivity contribution < 1.29 is 11.6 Å². The number of hydrogen-bond donors (Lipinski definition) is 1. The first-order chi connectivity index (χ1) is 6.91. The molecule has 0 aromatic heterocycles. The Morgan fingerprint density at radius 3 is 2.45 bits per heavy atom. The Kier molecular flexibility index (Phi) is 1.88. The van der Waals surface area contributed by atoms with Gasteiger partial charge in [0.1, 0.15) is 0 Å². The normalized spacial score (nSPS) is 14.8. The molecule has 0 spiro atoms. The zero-order valence-corrected chi connectivity index (χ0v) is 6.42. The van der Waals surface area contributed by atoms with E-state index in [1.807, 2.05) is 0 Å². The van der Waals surface area contributed by atoms with E-state index in [1.165, 1.54) is 0 Å². The average Bonchev–Trinajstić information content (AvgIpc) is 2.23. The van der Waals surface area contributed by atoms with Crippen LogP contribution in [0.25, 0.3) is 0 Å². The van der Waals surface area contributed by atoms with Gasteiger partial charge in [0.05, 0.1) is 13.4 Å². The molecule has 0 aliphatic rings. The number of benzene rings is 1. The van der Waals surface area contributed by atoms with E-state index in [0.29, 0.717) is 0 Å². The second-order valence-electron chi connectivity index (χ2n) is 1.63. The maximum Gasteiger partial charge on any atom is 0.176 e. The van der Waals surface area contributed by atoms with E-state index in [0.717, 1.165) is 0 Å². The summed E-state index contributed by atoms with van der Waals surface area (Å²) in [5, 5.41) is 0. The maximum absolute atomic E-state index is 11.3. The zero-order chi connectivity index (χ0) is 11.7. The highest BCUT2D eigenvalue weighted by Gasteiger charge is 1.98. The predicted octanol–water partition coefficient (Wildman–Crippen LogP) is 1.25. The van der Waals surface area contributed by atoms with Crippen molar-refractivity contribution in [2.75, 3.05) is 6.54 Å². The van der Waals surface area contributed by atoms with Gasteiger partial charge in [-0.15, -0.1) is 12.4 Å². The minimum absolute atomic E-state index is 0. The minimum Gasteiger partial charge on any atom is -0.324 e. The molecule has 1 rings (SSSR count). The molecular formula is C8H10ClNO. The van der Waals surface area contributed by atoms with Crippen molar-refractivity contribution in [2.45, 2.75) is 0 Å². The highest BCUT2D eigenvalue weighted by molar-refractivity contribution is 5.97. The van der Waals surface area contributed by atoms with Crippen LogP contribution < -0.4 is 5.73 Å². The smallest absolute Gasteiger partial charge is 0.176 e. The molecule has 0 aliphatic heterocycles. The Morgan fingerprint density at radius 2 is 2.00 bits per heavy atom. The molecule has 11 heavy (non-hydrogen) atoms. The summed E-state index contributed by atoms with van der Waals surface area (Å²) in [7, 11) is 0. The fourth-order valence-electron chi connectivity index (χ4n) is 0.491. The molecule has 1 aromatic carbocycles. The van der Waals surface area contributed by atoms with E-state index in [2.05, 4.69) is 0 Å². The lowest BCUT2D eigenvalue weighted by atomic mass is 10.1. The van der Waals surface area contributed by atoms with Gasteiger partial charge in [-0.3, -0.25) is 4.79 Å². The summed E-state index contributed by atoms with van der Waals surface area (Å²) >= 11 is 0. The highest BCUT2D eigenvalue weighted by atomic mass is 35.5. The molecule has 60 valence electrons. The van der Waals surface area contributed by atoms with Gasteiger partial charge in [-0.25, -0.2) is 0 Å². The largest absolute Gasteiger partial charge is 0.324 e. The third kappa shape index (κ3) is 2.70. The molecule has 0 saturated heterocycles. The average molecular weight is 177 g/mol. The van der Waals surface area contributed by atoms with E-state index < -0.39 is 36.0 Å². The Labute approximate surface area is 78.8 Å². The number of nitrogens with two attached hydrogens (primary N) is 1. The Bertz CT molecular complexity index is 408. The van der Waals surface area contributed by atoms with Gasteiger partial charge in [-0.05, 0) is 0 Å². The Morgan fingerprint density at radius 1 is 1.45 bits per heavy atom. The fourth-order valence-corrected chi connectivity index (χ4v) is 0.491. The van der Waals surface area contributed by atoms with Crippen LogP contribution in [0.15, 0.2) is 30.2 Å². The predicted molar refractivity (Wildman–Crippen MR) is 47.1 cm³/mol. The van der Waals surface area contributed by atoms with Gasteiger partial charge in [0.15, 0.2) is 5.78 Å². The summed E-state index contributed by atoms with van der Waals surface area (Å²) in [6.07, 6.45) is 0. The summed E-state index contributed by atoms with van der Waals surface area (Å²) in [6.45, 7) is -0.381. The van der Waals surface area contributed by atoms with Crippen LogP contribution in [0.4, 0.5) is 0 Å². The second-order valence-corrected chi connectivity index (χ2v) is 1.63. The van der Waals surface area contributed by atoms with E-state index in [9.17, 15) is 4.79 Å². The lowest BCUT2D eigenvalue weighted by Crippen LogP contribution is -2.12. The van der Waals surface area contributed by atoms with Crippen molar-refractivity contribution in [1.82, 2.24) is 0 Å². The third-order valence-corrected chi connectivity index (χ3v) is 0.964. The molecule has 3 heteroatoms. The summed E-state index contributed by atoms with van der Waals surface area (Å²) in [4.78, 5) is 11.3. The first-order valence-electron chi connectivity index (χ1n) is 5.22. The molecule has 0 atom stereocenters. The van der Waals surface area contributed by atoms with Crippen molar-refractivity contribution in [3.8, 4) is 0 Å². The maximum atomic E-state index is 11.3. The molecule has 0 bridgehead atoms. The van der Waals surface area contributed by atoms with E-state index in [-0.39, 0.29) is 24.5 Å². The van der Waals surface area contributed by atoms with Gasteiger partial charge in [0.2, 0.25) is 0 Å². The number of carbonyl (C=O) groups excluding carboxylic acids is 1. The number of Topliss-reactive ketones (excluding diaryl/α,β-unsaturated/α-hetero) is 1. The topological polar surface area (TPSA) is 43.1 Å². The van der Waals surface area contributed by atoms with Crippen LogP contribution in [0.2, 0.25) is 0 Å². The van der Waals surface area contributed by atoms with Gasteiger partial charge in [-0.1, -0.05) is 30.2 Å². The first-order valence-corrected chi connectivity index (χ1v) is 2.72. The second kappa shape index (κ2) is 4.88. The SMILES string of the molecule is Cl.[2H]c1c([2H])c([2H])c(C(=O)CN)c([2H])c1[2H]. The van der Waals surface area contributed by atoms with Crippen LogP contribution >= 0.6 is 12.4 Å². The van der Waals surface area contributed by atoms with Gasteiger partial charge in [0, 0.05) is 5.56 Å². The molecule has 1 aromatic rings. The summed E-state index contributed by atoms with van der Waals surface area (Å²) in [6, 6.07) is -2.56. The Balaban J connectivity index is 0.00000225. The third-order valence-electron chi connectivity index (χ3n) is 0.964. The summed E-state index contributed by atoms with van der Waals surface area (Å²) < 4.78 is 36.7. The van der Waals surface area contributed by atoms with Crippen molar-refractivity contribution in [2.24, 2.45) is 5.73 Å². The molecule has 0 saturated carbocycles. The zero-order valence-electron chi connectivity index (χ0n) is 10.6. The summed E-state index contributed by atoms with van der Waals surface area (Å²) in [5.74, 6) is -0.660. The van der Waals surface area contributed by atoms with E-state index in [1.54, 1.807) is 0 Å². The standard InChI is InChI=1S/C8H9NO.ClH/c9-6-8(10)7-4-2-1-3-5-7;/h1-5H,6,9H2;1H/i1D,2D,3D,4D,5D;. The molecule has 0 radical (unpaired) electrons. The van der Waals surface area contributed by atoms with Crippen molar-refractivity contribution in [3.05, 3.63) is 35.8 Å². The monoisotopic (exact) mass is 176 g/mol. The van der Waals surface area contributed by atoms with Gasteiger partial charge in [-0.2, -0.15) is 0 Å². The number of hydrogen-bond acceptors (Lipinski definition) is 2. The lowest BCUT2D eigenvalue weighted by Gasteiger charge is -1.93.